The lowest BCUT2D eigenvalue weighted by molar-refractivity contribution is -0.0131. The number of benzene rings is 1. The first-order valence-electron chi connectivity index (χ1n) is 7.09. The van der Waals surface area contributed by atoms with E-state index < -0.39 is 5.60 Å². The fraction of sp³-hybridized carbons (Fsp3) is 0.625. The van der Waals surface area contributed by atoms with Gasteiger partial charge in [0.15, 0.2) is 0 Å². The van der Waals surface area contributed by atoms with E-state index >= 15 is 0 Å². The zero-order valence-corrected chi connectivity index (χ0v) is 12.1. The van der Waals surface area contributed by atoms with Crippen LogP contribution in [0, 0.1) is 5.92 Å². The predicted molar refractivity (Wildman–Crippen MR) is 77.5 cm³/mol. The minimum Gasteiger partial charge on any atom is -0.497 e. The minimum absolute atomic E-state index is 0.309. The monoisotopic (exact) mass is 263 g/mol. The van der Waals surface area contributed by atoms with Crippen molar-refractivity contribution in [1.82, 2.24) is 5.32 Å². The molecule has 0 bridgehead atoms. The number of hydrogen-bond acceptors (Lipinski definition) is 3. The number of nitrogens with one attached hydrogen (secondary N) is 1. The van der Waals surface area contributed by atoms with Crippen molar-refractivity contribution in [2.75, 3.05) is 13.7 Å². The quantitative estimate of drug-likeness (QED) is 0.876. The lowest BCUT2D eigenvalue weighted by Crippen LogP contribution is -2.51. The number of aliphatic hydroxyl groups is 1. The Hall–Kier alpha value is -1.06. The molecule has 0 saturated carbocycles. The highest BCUT2D eigenvalue weighted by atomic mass is 16.5. The smallest absolute Gasteiger partial charge is 0.118 e. The maximum atomic E-state index is 10.3. The van der Waals surface area contributed by atoms with Crippen LogP contribution in [0.3, 0.4) is 0 Å². The molecule has 0 radical (unpaired) electrons. The Kier molecular flexibility index (Phi) is 4.48. The van der Waals surface area contributed by atoms with Crippen LogP contribution in [-0.4, -0.2) is 30.4 Å². The summed E-state index contributed by atoms with van der Waals surface area (Å²) in [4.78, 5) is 0. The van der Waals surface area contributed by atoms with Crippen molar-refractivity contribution in [3.63, 3.8) is 0 Å². The molecule has 2 rings (SSSR count). The molecule has 0 aliphatic carbocycles. The largest absolute Gasteiger partial charge is 0.497 e. The Morgan fingerprint density at radius 3 is 2.58 bits per heavy atom. The van der Waals surface area contributed by atoms with Gasteiger partial charge in [-0.2, -0.15) is 0 Å². The van der Waals surface area contributed by atoms with Gasteiger partial charge in [0.05, 0.1) is 12.7 Å². The first-order chi connectivity index (χ1) is 9.00. The van der Waals surface area contributed by atoms with E-state index in [4.69, 9.17) is 4.74 Å². The van der Waals surface area contributed by atoms with Gasteiger partial charge in [0.2, 0.25) is 0 Å². The van der Waals surface area contributed by atoms with Gasteiger partial charge >= 0.3 is 0 Å². The van der Waals surface area contributed by atoms with Gasteiger partial charge < -0.3 is 15.2 Å². The average Bonchev–Trinajstić information content (AvgIpc) is 2.39. The van der Waals surface area contributed by atoms with Crippen molar-refractivity contribution in [3.8, 4) is 5.75 Å². The molecule has 0 amide bonds. The third-order valence-corrected chi connectivity index (χ3v) is 4.11. The Balaban J connectivity index is 2.06. The van der Waals surface area contributed by atoms with E-state index in [0.717, 1.165) is 31.6 Å². The number of piperidine rings is 1. The van der Waals surface area contributed by atoms with E-state index in [0.29, 0.717) is 12.0 Å². The summed E-state index contributed by atoms with van der Waals surface area (Å²) in [5.74, 6) is 1.20. The maximum absolute atomic E-state index is 10.3. The second-order valence-corrected chi connectivity index (χ2v) is 6.02. The lowest BCUT2D eigenvalue weighted by Gasteiger charge is -2.40. The van der Waals surface area contributed by atoms with Crippen LogP contribution in [0.15, 0.2) is 24.3 Å². The first kappa shape index (κ1) is 14.4. The van der Waals surface area contributed by atoms with Crippen molar-refractivity contribution in [1.29, 1.82) is 0 Å². The Bertz CT molecular complexity index is 394. The highest BCUT2D eigenvalue weighted by Gasteiger charge is 2.35. The van der Waals surface area contributed by atoms with Crippen molar-refractivity contribution < 1.29 is 9.84 Å². The van der Waals surface area contributed by atoms with E-state index in [1.165, 1.54) is 5.56 Å². The van der Waals surface area contributed by atoms with Gasteiger partial charge in [0.1, 0.15) is 5.75 Å². The molecular weight excluding hydrogens is 238 g/mol. The van der Waals surface area contributed by atoms with Crippen LogP contribution >= 0.6 is 0 Å². The second kappa shape index (κ2) is 5.93. The molecule has 0 unspecified atom stereocenters. The summed E-state index contributed by atoms with van der Waals surface area (Å²) in [6, 6.07) is 8.56. The summed E-state index contributed by atoms with van der Waals surface area (Å²) < 4.78 is 5.18. The molecular formula is C16H25NO2. The van der Waals surface area contributed by atoms with Gasteiger partial charge in [-0.1, -0.05) is 12.1 Å². The molecule has 2 N–H and O–H groups in total. The number of ether oxygens (including phenoxy) is 1. The first-order valence-corrected chi connectivity index (χ1v) is 7.09. The van der Waals surface area contributed by atoms with Gasteiger partial charge in [-0.05, 0) is 57.4 Å². The van der Waals surface area contributed by atoms with Crippen LogP contribution in [0.1, 0.15) is 32.3 Å². The molecule has 1 aliphatic rings. The standard InChI is InChI=1S/C16H25NO2/c1-16(2,18)14-5-4-10-17-15(14)11-12-6-8-13(19-3)9-7-12/h6-9,14-15,17-18H,4-5,10-11H2,1-3H3/t14-,15-/m1/s1. The summed E-state index contributed by atoms with van der Waals surface area (Å²) in [7, 11) is 1.68. The van der Waals surface area contributed by atoms with E-state index in [9.17, 15) is 5.11 Å². The Morgan fingerprint density at radius 2 is 2.00 bits per heavy atom. The second-order valence-electron chi connectivity index (χ2n) is 6.02. The van der Waals surface area contributed by atoms with E-state index in [-0.39, 0.29) is 0 Å². The Morgan fingerprint density at radius 1 is 1.32 bits per heavy atom. The van der Waals surface area contributed by atoms with Crippen LogP contribution in [0.25, 0.3) is 0 Å². The van der Waals surface area contributed by atoms with Crippen molar-refractivity contribution in [3.05, 3.63) is 29.8 Å². The van der Waals surface area contributed by atoms with Crippen molar-refractivity contribution in [2.24, 2.45) is 5.92 Å². The molecule has 106 valence electrons. The summed E-state index contributed by atoms with van der Waals surface area (Å²) in [5.41, 5.74) is 0.666. The molecule has 19 heavy (non-hydrogen) atoms. The van der Waals surface area contributed by atoms with Crippen molar-refractivity contribution >= 4 is 0 Å². The maximum Gasteiger partial charge on any atom is 0.118 e. The van der Waals surface area contributed by atoms with Crippen LogP contribution in [0.4, 0.5) is 0 Å². The zero-order chi connectivity index (χ0) is 13.9. The van der Waals surface area contributed by atoms with Gasteiger partial charge in [0.25, 0.3) is 0 Å². The van der Waals surface area contributed by atoms with Crippen molar-refractivity contribution in [2.45, 2.75) is 44.8 Å². The number of hydrogen-bond donors (Lipinski definition) is 2. The normalized spacial score (nSPS) is 24.2. The highest BCUT2D eigenvalue weighted by molar-refractivity contribution is 5.27. The summed E-state index contributed by atoms with van der Waals surface area (Å²) in [5, 5.41) is 13.9. The molecule has 3 nitrogen and oxygen atoms in total. The van der Waals surface area contributed by atoms with Gasteiger partial charge in [-0.3, -0.25) is 0 Å². The number of rotatable bonds is 4. The third kappa shape index (κ3) is 3.71. The summed E-state index contributed by atoms with van der Waals surface area (Å²) in [6.07, 6.45) is 3.20. The Labute approximate surface area is 116 Å². The van der Waals surface area contributed by atoms with Gasteiger partial charge in [-0.15, -0.1) is 0 Å². The molecule has 0 spiro atoms. The summed E-state index contributed by atoms with van der Waals surface area (Å²) in [6.45, 7) is 4.89. The molecule has 1 aliphatic heterocycles. The van der Waals surface area contributed by atoms with Crippen LogP contribution in [0.2, 0.25) is 0 Å². The topological polar surface area (TPSA) is 41.5 Å². The fourth-order valence-electron chi connectivity index (χ4n) is 3.03. The van der Waals surface area contributed by atoms with Crippen LogP contribution in [0.5, 0.6) is 5.75 Å². The van der Waals surface area contributed by atoms with Gasteiger partial charge in [-0.25, -0.2) is 0 Å². The molecule has 3 heteroatoms. The third-order valence-electron chi connectivity index (χ3n) is 4.11. The molecule has 1 fully saturated rings. The van der Waals surface area contributed by atoms with E-state index in [1.54, 1.807) is 7.11 Å². The average molecular weight is 263 g/mol. The predicted octanol–water partition coefficient (Wildman–Crippen LogP) is 2.38. The molecule has 2 atom stereocenters. The summed E-state index contributed by atoms with van der Waals surface area (Å²) >= 11 is 0. The minimum atomic E-state index is -0.620. The van der Waals surface area contributed by atoms with Crippen LogP contribution < -0.4 is 10.1 Å². The molecule has 0 aromatic heterocycles. The molecule has 1 aromatic rings. The zero-order valence-electron chi connectivity index (χ0n) is 12.1. The highest BCUT2D eigenvalue weighted by Crippen LogP contribution is 2.29. The lowest BCUT2D eigenvalue weighted by atomic mass is 9.77. The van der Waals surface area contributed by atoms with Crippen LogP contribution in [-0.2, 0) is 6.42 Å². The SMILES string of the molecule is COc1ccc(C[C@H]2NCCC[C@H]2C(C)(C)O)cc1. The molecule has 1 heterocycles. The molecule has 1 saturated heterocycles. The number of methoxy groups -OCH3 is 1. The van der Waals surface area contributed by atoms with Gasteiger partial charge in [0, 0.05) is 12.0 Å². The van der Waals surface area contributed by atoms with E-state index in [1.807, 2.05) is 26.0 Å². The molecule has 1 aromatic carbocycles. The van der Waals surface area contributed by atoms with E-state index in [2.05, 4.69) is 17.4 Å². The fourth-order valence-corrected chi connectivity index (χ4v) is 3.03.